The van der Waals surface area contributed by atoms with Crippen molar-refractivity contribution in [1.29, 1.82) is 5.26 Å². The first-order chi connectivity index (χ1) is 6.97. The van der Waals surface area contributed by atoms with Crippen LogP contribution in [0.5, 0.6) is 0 Å². The van der Waals surface area contributed by atoms with Crippen molar-refractivity contribution in [3.8, 4) is 6.07 Å². The molecule has 15 heavy (non-hydrogen) atoms. The van der Waals surface area contributed by atoms with Gasteiger partial charge in [0.15, 0.2) is 5.75 Å². The van der Waals surface area contributed by atoms with Gasteiger partial charge in [-0.25, -0.2) is 8.42 Å². The second kappa shape index (κ2) is 4.95. The molecule has 1 aliphatic rings. The molecule has 0 radical (unpaired) electrons. The van der Waals surface area contributed by atoms with Crippen LogP contribution in [-0.4, -0.2) is 31.1 Å². The molecular weight excluding hydrogens is 212 g/mol. The number of hydrogen-bond acceptors (Lipinski definition) is 3. The zero-order valence-electron chi connectivity index (χ0n) is 9.31. The summed E-state index contributed by atoms with van der Waals surface area (Å²) in [6.45, 7) is 4.70. The Labute approximate surface area is 91.9 Å². The van der Waals surface area contributed by atoms with Gasteiger partial charge in [0.1, 0.15) is 0 Å². The van der Waals surface area contributed by atoms with Crippen LogP contribution in [0.25, 0.3) is 0 Å². The predicted molar refractivity (Wildman–Crippen MR) is 58.6 cm³/mol. The van der Waals surface area contributed by atoms with Crippen molar-refractivity contribution < 1.29 is 8.42 Å². The first-order valence-corrected chi connectivity index (χ1v) is 6.94. The highest BCUT2D eigenvalue weighted by Gasteiger charge is 2.36. The number of nitrogens with zero attached hydrogens (tertiary/aromatic N) is 2. The topological polar surface area (TPSA) is 61.2 Å². The highest BCUT2D eigenvalue weighted by Crippen LogP contribution is 2.29. The van der Waals surface area contributed by atoms with Gasteiger partial charge in [0.25, 0.3) is 0 Å². The summed E-state index contributed by atoms with van der Waals surface area (Å²) in [7, 11) is -3.33. The molecule has 1 saturated carbocycles. The Kier molecular flexibility index (Phi) is 4.12. The smallest absolute Gasteiger partial charge is 0.211 e. The fourth-order valence-corrected chi connectivity index (χ4v) is 2.84. The van der Waals surface area contributed by atoms with Gasteiger partial charge in [-0.15, -0.1) is 0 Å². The minimum atomic E-state index is -3.33. The summed E-state index contributed by atoms with van der Waals surface area (Å²) in [5, 5.41) is 8.47. The molecule has 0 amide bonds. The van der Waals surface area contributed by atoms with Crippen molar-refractivity contribution in [2.75, 3.05) is 12.3 Å². The average Bonchev–Trinajstić information content (AvgIpc) is 2.87. The van der Waals surface area contributed by atoms with Gasteiger partial charge >= 0.3 is 0 Å². The lowest BCUT2D eigenvalue weighted by atomic mass is 10.1. The summed E-state index contributed by atoms with van der Waals surface area (Å²) < 4.78 is 25.0. The van der Waals surface area contributed by atoms with Crippen molar-refractivity contribution in [1.82, 2.24) is 4.31 Å². The Hall–Kier alpha value is -0.600. The molecule has 0 saturated heterocycles. The van der Waals surface area contributed by atoms with Gasteiger partial charge in [-0.05, 0) is 25.2 Å². The van der Waals surface area contributed by atoms with Crippen LogP contribution in [0.3, 0.4) is 0 Å². The average molecular weight is 230 g/mol. The molecule has 0 aromatic carbocycles. The molecule has 5 heteroatoms. The zero-order chi connectivity index (χ0) is 11.5. The summed E-state index contributed by atoms with van der Waals surface area (Å²) in [4.78, 5) is 0. The molecule has 86 valence electrons. The Bertz CT molecular complexity index is 339. The van der Waals surface area contributed by atoms with Crippen LogP contribution in [0.1, 0.15) is 33.1 Å². The van der Waals surface area contributed by atoms with E-state index in [-0.39, 0.29) is 11.8 Å². The lowest BCUT2D eigenvalue weighted by molar-refractivity contribution is 0.375. The molecule has 0 spiro atoms. The first-order valence-electron chi connectivity index (χ1n) is 5.34. The SMILES string of the molecule is CC(C)CCN(C1CC1)S(=O)(=O)CC#N. The molecule has 1 fully saturated rings. The van der Waals surface area contributed by atoms with Crippen LogP contribution in [0, 0.1) is 17.2 Å². The summed E-state index contributed by atoms with van der Waals surface area (Å²) in [5.74, 6) is 0.102. The van der Waals surface area contributed by atoms with E-state index in [0.717, 1.165) is 19.3 Å². The standard InChI is InChI=1S/C10H18N2O2S/c1-9(2)5-7-12(10-3-4-10)15(13,14)8-6-11/h9-10H,3-5,7-8H2,1-2H3. The van der Waals surface area contributed by atoms with E-state index in [9.17, 15) is 8.42 Å². The van der Waals surface area contributed by atoms with Crippen molar-refractivity contribution >= 4 is 10.0 Å². The van der Waals surface area contributed by atoms with E-state index >= 15 is 0 Å². The monoisotopic (exact) mass is 230 g/mol. The third-order valence-electron chi connectivity index (χ3n) is 2.49. The van der Waals surface area contributed by atoms with Crippen molar-refractivity contribution in [2.24, 2.45) is 5.92 Å². The van der Waals surface area contributed by atoms with E-state index in [1.54, 1.807) is 6.07 Å². The fraction of sp³-hybridized carbons (Fsp3) is 0.900. The third-order valence-corrected chi connectivity index (χ3v) is 4.17. The molecule has 0 bridgehead atoms. The minimum absolute atomic E-state index is 0.169. The van der Waals surface area contributed by atoms with E-state index in [2.05, 4.69) is 13.8 Å². The van der Waals surface area contributed by atoms with Crippen molar-refractivity contribution in [3.63, 3.8) is 0 Å². The number of nitriles is 1. The predicted octanol–water partition coefficient (Wildman–Crippen LogP) is 1.35. The van der Waals surface area contributed by atoms with Gasteiger partial charge < -0.3 is 0 Å². The molecule has 1 rings (SSSR count). The molecule has 0 aromatic heterocycles. The molecule has 0 aliphatic heterocycles. The largest absolute Gasteiger partial charge is 0.227 e. The number of rotatable bonds is 6. The Morgan fingerprint density at radius 3 is 2.47 bits per heavy atom. The van der Waals surface area contributed by atoms with Gasteiger partial charge in [-0.3, -0.25) is 0 Å². The maximum Gasteiger partial charge on any atom is 0.227 e. The summed E-state index contributed by atoms with van der Waals surface area (Å²) in [6, 6.07) is 1.90. The Balaban J connectivity index is 2.62. The molecule has 0 heterocycles. The van der Waals surface area contributed by atoms with Gasteiger partial charge in [0.2, 0.25) is 10.0 Å². The summed E-state index contributed by atoms with van der Waals surface area (Å²) in [5.41, 5.74) is 0. The van der Waals surface area contributed by atoms with E-state index in [1.165, 1.54) is 4.31 Å². The van der Waals surface area contributed by atoms with Gasteiger partial charge in [-0.2, -0.15) is 9.57 Å². The third kappa shape index (κ3) is 3.80. The van der Waals surface area contributed by atoms with Gasteiger partial charge in [-0.1, -0.05) is 13.8 Å². The van der Waals surface area contributed by atoms with Crippen molar-refractivity contribution in [2.45, 2.75) is 39.2 Å². The normalized spacial score (nSPS) is 17.0. The Morgan fingerprint density at radius 2 is 2.07 bits per heavy atom. The molecule has 0 N–H and O–H groups in total. The van der Waals surface area contributed by atoms with Crippen LogP contribution in [0.2, 0.25) is 0 Å². The maximum absolute atomic E-state index is 11.7. The summed E-state index contributed by atoms with van der Waals surface area (Å²) >= 11 is 0. The Morgan fingerprint density at radius 1 is 1.47 bits per heavy atom. The van der Waals surface area contributed by atoms with Crippen molar-refractivity contribution in [3.05, 3.63) is 0 Å². The minimum Gasteiger partial charge on any atom is -0.211 e. The van der Waals surface area contributed by atoms with E-state index in [4.69, 9.17) is 5.26 Å². The molecule has 4 nitrogen and oxygen atoms in total. The molecule has 0 atom stereocenters. The van der Waals surface area contributed by atoms with E-state index in [1.807, 2.05) is 0 Å². The molecule has 1 aliphatic carbocycles. The lowest BCUT2D eigenvalue weighted by Crippen LogP contribution is -2.36. The zero-order valence-corrected chi connectivity index (χ0v) is 10.1. The molecular formula is C10H18N2O2S. The van der Waals surface area contributed by atoms with Crippen LogP contribution in [-0.2, 0) is 10.0 Å². The van der Waals surface area contributed by atoms with E-state index in [0.29, 0.717) is 12.5 Å². The number of sulfonamides is 1. The van der Waals surface area contributed by atoms with Crippen LogP contribution >= 0.6 is 0 Å². The highest BCUT2D eigenvalue weighted by atomic mass is 32.2. The van der Waals surface area contributed by atoms with Gasteiger partial charge in [0.05, 0.1) is 6.07 Å². The van der Waals surface area contributed by atoms with Crippen LogP contribution < -0.4 is 0 Å². The van der Waals surface area contributed by atoms with Gasteiger partial charge in [0, 0.05) is 12.6 Å². The second-order valence-electron chi connectivity index (χ2n) is 4.44. The quantitative estimate of drug-likeness (QED) is 0.692. The van der Waals surface area contributed by atoms with Crippen LogP contribution in [0.4, 0.5) is 0 Å². The first kappa shape index (κ1) is 12.5. The highest BCUT2D eigenvalue weighted by molar-refractivity contribution is 7.89. The summed E-state index contributed by atoms with van der Waals surface area (Å²) in [6.07, 6.45) is 2.76. The molecule has 0 aromatic rings. The maximum atomic E-state index is 11.7. The van der Waals surface area contributed by atoms with Crippen LogP contribution in [0.15, 0.2) is 0 Å². The second-order valence-corrected chi connectivity index (χ2v) is 6.36. The van der Waals surface area contributed by atoms with E-state index < -0.39 is 10.0 Å². The number of hydrogen-bond donors (Lipinski definition) is 0. The fourth-order valence-electron chi connectivity index (χ4n) is 1.46. The molecule has 0 unspecified atom stereocenters. The lowest BCUT2D eigenvalue weighted by Gasteiger charge is -2.21.